The molecule has 1 aliphatic rings. The van der Waals surface area contributed by atoms with Crippen molar-refractivity contribution in [3.63, 3.8) is 0 Å². The molecule has 15 heavy (non-hydrogen) atoms. The molecule has 0 saturated carbocycles. The third-order valence-corrected chi connectivity index (χ3v) is 2.97. The molecule has 1 aliphatic carbocycles. The Hall–Kier alpha value is -1.89. The fourth-order valence-corrected chi connectivity index (χ4v) is 2.18. The molecule has 3 rings (SSSR count). The lowest BCUT2D eigenvalue weighted by Gasteiger charge is -2.13. The van der Waals surface area contributed by atoms with Crippen molar-refractivity contribution in [2.24, 2.45) is 0 Å². The van der Waals surface area contributed by atoms with E-state index in [9.17, 15) is 4.79 Å². The Balaban J connectivity index is 2.59. The van der Waals surface area contributed by atoms with Gasteiger partial charge < -0.3 is 0 Å². The summed E-state index contributed by atoms with van der Waals surface area (Å²) in [4.78, 5) is 11.7. The lowest BCUT2D eigenvalue weighted by molar-refractivity contribution is 0.104. The maximum atomic E-state index is 11.7. The predicted molar refractivity (Wildman–Crippen MR) is 62.0 cm³/mol. The first-order valence-corrected chi connectivity index (χ1v) is 5.02. The highest BCUT2D eigenvalue weighted by Crippen LogP contribution is 2.30. The maximum Gasteiger partial charge on any atom is 0.186 e. The van der Waals surface area contributed by atoms with Crippen molar-refractivity contribution in [1.82, 2.24) is 0 Å². The molecule has 1 heteroatoms. The minimum absolute atomic E-state index is 0.110. The van der Waals surface area contributed by atoms with Gasteiger partial charge in [-0.1, -0.05) is 36.4 Å². The molecular formula is C14H10O. The number of allylic oxidation sites excluding steroid dienone is 1. The smallest absolute Gasteiger partial charge is 0.186 e. The van der Waals surface area contributed by atoms with Gasteiger partial charge in [-0.2, -0.15) is 0 Å². The lowest BCUT2D eigenvalue weighted by Crippen LogP contribution is -2.02. The fraction of sp³-hybridized carbons (Fsp3) is 0.0714. The monoisotopic (exact) mass is 194 g/mol. The van der Waals surface area contributed by atoms with Crippen LogP contribution in [-0.2, 0) is 0 Å². The average Bonchev–Trinajstić information content (AvgIpc) is 2.26. The maximum absolute atomic E-state index is 11.7. The molecule has 72 valence electrons. The molecule has 0 N–H and O–H groups in total. The van der Waals surface area contributed by atoms with Crippen LogP contribution in [0.2, 0.25) is 0 Å². The first-order valence-electron chi connectivity index (χ1n) is 5.02. The topological polar surface area (TPSA) is 17.1 Å². The van der Waals surface area contributed by atoms with Gasteiger partial charge in [-0.3, -0.25) is 4.79 Å². The SMILES string of the molecule is Cc1ccc2cccc3c2c1C=CC3=O. The van der Waals surface area contributed by atoms with E-state index in [1.807, 2.05) is 24.3 Å². The van der Waals surface area contributed by atoms with E-state index in [1.54, 1.807) is 6.08 Å². The fourth-order valence-electron chi connectivity index (χ4n) is 2.18. The third kappa shape index (κ3) is 1.06. The zero-order valence-electron chi connectivity index (χ0n) is 8.45. The van der Waals surface area contributed by atoms with Gasteiger partial charge in [0, 0.05) is 10.9 Å². The zero-order valence-corrected chi connectivity index (χ0v) is 8.45. The van der Waals surface area contributed by atoms with Crippen LogP contribution in [0.4, 0.5) is 0 Å². The van der Waals surface area contributed by atoms with Crippen molar-refractivity contribution in [1.29, 1.82) is 0 Å². The summed E-state index contributed by atoms with van der Waals surface area (Å²) in [6.07, 6.45) is 3.58. The van der Waals surface area contributed by atoms with Crippen molar-refractivity contribution in [2.45, 2.75) is 6.92 Å². The number of hydrogen-bond donors (Lipinski definition) is 0. The van der Waals surface area contributed by atoms with Gasteiger partial charge in [-0.15, -0.1) is 0 Å². The second-order valence-electron chi connectivity index (χ2n) is 3.90. The average molecular weight is 194 g/mol. The summed E-state index contributed by atoms with van der Waals surface area (Å²) in [6, 6.07) is 10.1. The van der Waals surface area contributed by atoms with Crippen LogP contribution < -0.4 is 0 Å². The van der Waals surface area contributed by atoms with Crippen LogP contribution in [0.1, 0.15) is 21.5 Å². The summed E-state index contributed by atoms with van der Waals surface area (Å²) in [5, 5.41) is 2.25. The number of rotatable bonds is 0. The van der Waals surface area contributed by atoms with E-state index in [0.29, 0.717) is 0 Å². The van der Waals surface area contributed by atoms with Gasteiger partial charge >= 0.3 is 0 Å². The highest BCUT2D eigenvalue weighted by molar-refractivity contribution is 6.20. The minimum atomic E-state index is 0.110. The van der Waals surface area contributed by atoms with Gasteiger partial charge in [0.1, 0.15) is 0 Å². The molecule has 0 fully saturated rings. The zero-order chi connectivity index (χ0) is 10.4. The number of hydrogen-bond acceptors (Lipinski definition) is 1. The van der Waals surface area contributed by atoms with Crippen molar-refractivity contribution < 1.29 is 4.79 Å². The van der Waals surface area contributed by atoms with Gasteiger partial charge in [0.05, 0.1) is 0 Å². The van der Waals surface area contributed by atoms with E-state index < -0.39 is 0 Å². The van der Waals surface area contributed by atoms with E-state index in [0.717, 1.165) is 16.3 Å². The summed E-state index contributed by atoms with van der Waals surface area (Å²) >= 11 is 0. The van der Waals surface area contributed by atoms with Gasteiger partial charge in [-0.25, -0.2) is 0 Å². The molecule has 0 amide bonds. The Bertz CT molecular complexity index is 606. The normalized spacial score (nSPS) is 13.5. The summed E-state index contributed by atoms with van der Waals surface area (Å²) in [5.74, 6) is 0.110. The highest BCUT2D eigenvalue weighted by atomic mass is 16.1. The Morgan fingerprint density at radius 3 is 2.73 bits per heavy atom. The first kappa shape index (κ1) is 8.42. The van der Waals surface area contributed by atoms with Crippen LogP contribution in [0.15, 0.2) is 36.4 Å². The van der Waals surface area contributed by atoms with Crippen LogP contribution in [0, 0.1) is 6.92 Å². The lowest BCUT2D eigenvalue weighted by atomic mass is 9.90. The molecule has 0 aliphatic heterocycles. The van der Waals surface area contributed by atoms with E-state index >= 15 is 0 Å². The molecule has 0 unspecified atom stereocenters. The summed E-state index contributed by atoms with van der Waals surface area (Å²) in [6.45, 7) is 2.08. The summed E-state index contributed by atoms with van der Waals surface area (Å²) < 4.78 is 0. The van der Waals surface area contributed by atoms with Crippen LogP contribution in [0.3, 0.4) is 0 Å². The van der Waals surface area contributed by atoms with Crippen LogP contribution >= 0.6 is 0 Å². The first-order chi connectivity index (χ1) is 7.27. The molecule has 2 aromatic carbocycles. The van der Waals surface area contributed by atoms with Gasteiger partial charge in [0.25, 0.3) is 0 Å². The number of carbonyl (C=O) groups is 1. The van der Waals surface area contributed by atoms with Crippen molar-refractivity contribution in [3.8, 4) is 0 Å². The molecule has 2 aromatic rings. The number of ketones is 1. The molecule has 0 atom stereocenters. The number of aryl methyl sites for hydroxylation is 1. The molecule has 0 aromatic heterocycles. The largest absolute Gasteiger partial charge is 0.289 e. The standard InChI is InChI=1S/C14H10O/c1-9-5-6-10-3-2-4-12-13(15)8-7-11(9)14(10)12/h2-8H,1H3. The molecule has 0 radical (unpaired) electrons. The molecular weight excluding hydrogens is 184 g/mol. The third-order valence-electron chi connectivity index (χ3n) is 2.97. The quantitative estimate of drug-likeness (QED) is 0.628. The minimum Gasteiger partial charge on any atom is -0.289 e. The second-order valence-corrected chi connectivity index (χ2v) is 3.90. The van der Waals surface area contributed by atoms with Crippen LogP contribution in [-0.4, -0.2) is 5.78 Å². The molecule has 1 nitrogen and oxygen atoms in total. The van der Waals surface area contributed by atoms with Crippen molar-refractivity contribution in [2.75, 3.05) is 0 Å². The van der Waals surface area contributed by atoms with Crippen LogP contribution in [0.25, 0.3) is 16.8 Å². The summed E-state index contributed by atoms with van der Waals surface area (Å²) in [5.41, 5.74) is 3.23. The molecule has 0 heterocycles. The van der Waals surface area contributed by atoms with E-state index in [2.05, 4.69) is 19.1 Å². The van der Waals surface area contributed by atoms with E-state index in [1.165, 1.54) is 11.1 Å². The Morgan fingerprint density at radius 2 is 1.87 bits per heavy atom. The van der Waals surface area contributed by atoms with Crippen LogP contribution in [0.5, 0.6) is 0 Å². The Kier molecular flexibility index (Phi) is 1.57. The summed E-state index contributed by atoms with van der Waals surface area (Å²) in [7, 11) is 0. The predicted octanol–water partition coefficient (Wildman–Crippen LogP) is 3.36. The van der Waals surface area contributed by atoms with E-state index in [-0.39, 0.29) is 5.78 Å². The molecule has 0 bridgehead atoms. The van der Waals surface area contributed by atoms with Crippen molar-refractivity contribution in [3.05, 3.63) is 53.1 Å². The van der Waals surface area contributed by atoms with Gasteiger partial charge in [0.15, 0.2) is 5.78 Å². The highest BCUT2D eigenvalue weighted by Gasteiger charge is 2.15. The second kappa shape index (κ2) is 2.80. The number of benzene rings is 2. The van der Waals surface area contributed by atoms with Crippen molar-refractivity contribution >= 4 is 22.6 Å². The molecule has 0 saturated heterocycles. The Labute approximate surface area is 88.0 Å². The molecule has 0 spiro atoms. The van der Waals surface area contributed by atoms with E-state index in [4.69, 9.17) is 0 Å². The van der Waals surface area contributed by atoms with Gasteiger partial charge in [0.2, 0.25) is 0 Å². The Morgan fingerprint density at radius 1 is 1.00 bits per heavy atom. The van der Waals surface area contributed by atoms with Gasteiger partial charge in [-0.05, 0) is 29.5 Å². The number of carbonyl (C=O) groups excluding carboxylic acids is 1.